The van der Waals surface area contributed by atoms with Gasteiger partial charge in [-0.3, -0.25) is 0 Å². The molecule has 0 amide bonds. The van der Waals surface area contributed by atoms with Gasteiger partial charge < -0.3 is 18.0 Å². The van der Waals surface area contributed by atoms with E-state index in [1.807, 2.05) is 26.8 Å². The molecule has 0 fully saturated rings. The fraction of sp³-hybridized carbons (Fsp3) is 0.538. The molecule has 4 nitrogen and oxygen atoms in total. The van der Waals surface area contributed by atoms with Crippen molar-refractivity contribution in [1.82, 2.24) is 0 Å². The minimum Gasteiger partial charge on any atom is -0.497 e. The summed E-state index contributed by atoms with van der Waals surface area (Å²) in [6.45, 7) is 7.29. The predicted octanol–water partition coefficient (Wildman–Crippen LogP) is 2.60. The van der Waals surface area contributed by atoms with Gasteiger partial charge in [0.05, 0.1) is 12.3 Å². The van der Waals surface area contributed by atoms with Crippen LogP contribution in [0.2, 0.25) is 5.02 Å². The van der Waals surface area contributed by atoms with Crippen LogP contribution in [0.15, 0.2) is 18.2 Å². The van der Waals surface area contributed by atoms with Crippen molar-refractivity contribution in [3.63, 3.8) is 0 Å². The Balaban J connectivity index is 3.28. The second-order valence-electron chi connectivity index (χ2n) is 3.70. The van der Waals surface area contributed by atoms with E-state index in [0.717, 1.165) is 5.19 Å². The van der Waals surface area contributed by atoms with Gasteiger partial charge in [0, 0.05) is 24.8 Å². The lowest BCUT2D eigenvalue weighted by molar-refractivity contribution is 0.0854. The van der Waals surface area contributed by atoms with E-state index in [2.05, 4.69) is 0 Å². The fourth-order valence-corrected chi connectivity index (χ4v) is 4.63. The third-order valence-electron chi connectivity index (χ3n) is 2.50. The van der Waals surface area contributed by atoms with E-state index in [-0.39, 0.29) is 0 Å². The lowest BCUT2D eigenvalue weighted by Gasteiger charge is -2.29. The molecule has 0 atom stereocenters. The molecule has 1 aromatic carbocycles. The van der Waals surface area contributed by atoms with Crippen molar-refractivity contribution in [2.75, 3.05) is 26.9 Å². The Hall–Kier alpha value is -0.593. The van der Waals surface area contributed by atoms with E-state index in [0.29, 0.717) is 30.6 Å². The summed E-state index contributed by atoms with van der Waals surface area (Å²) in [4.78, 5) is 0. The maximum Gasteiger partial charge on any atom is 0.541 e. The molecule has 0 unspecified atom stereocenters. The van der Waals surface area contributed by atoms with Crippen LogP contribution in [0.25, 0.3) is 0 Å². The quantitative estimate of drug-likeness (QED) is 0.692. The van der Waals surface area contributed by atoms with E-state index >= 15 is 0 Å². The first-order valence-corrected chi connectivity index (χ1v) is 8.49. The lowest BCUT2D eigenvalue weighted by Crippen LogP contribution is -2.57. The molecule has 0 heterocycles. The van der Waals surface area contributed by atoms with E-state index < -0.39 is 8.80 Å². The van der Waals surface area contributed by atoms with E-state index in [9.17, 15) is 0 Å². The minimum atomic E-state index is -2.94. The Morgan fingerprint density at radius 3 is 1.95 bits per heavy atom. The number of benzene rings is 1. The van der Waals surface area contributed by atoms with Crippen LogP contribution in [0.4, 0.5) is 0 Å². The van der Waals surface area contributed by atoms with Gasteiger partial charge in [0.25, 0.3) is 0 Å². The van der Waals surface area contributed by atoms with E-state index in [1.165, 1.54) is 0 Å². The molecule has 19 heavy (non-hydrogen) atoms. The van der Waals surface area contributed by atoms with Crippen LogP contribution in [-0.4, -0.2) is 35.7 Å². The van der Waals surface area contributed by atoms with Crippen molar-refractivity contribution in [2.24, 2.45) is 0 Å². The highest BCUT2D eigenvalue weighted by Crippen LogP contribution is 2.21. The standard InChI is InChI=1S/C13H21ClO4Si/c1-5-16-19(17-6-2,18-7-3)13-9-8-11(14)10-12(13)15-4/h8-10H,5-7H2,1-4H3. The highest BCUT2D eigenvalue weighted by Gasteiger charge is 2.45. The summed E-state index contributed by atoms with van der Waals surface area (Å²) in [5, 5.41) is 1.41. The summed E-state index contributed by atoms with van der Waals surface area (Å²) in [5.74, 6) is 0.634. The van der Waals surface area contributed by atoms with Crippen LogP contribution >= 0.6 is 11.6 Å². The molecule has 0 radical (unpaired) electrons. The fourth-order valence-electron chi connectivity index (χ4n) is 1.85. The van der Waals surface area contributed by atoms with Crippen molar-refractivity contribution in [3.05, 3.63) is 23.2 Å². The highest BCUT2D eigenvalue weighted by atomic mass is 35.5. The van der Waals surface area contributed by atoms with Gasteiger partial charge in [-0.25, -0.2) is 0 Å². The average molecular weight is 305 g/mol. The van der Waals surface area contributed by atoms with Crippen LogP contribution in [0.5, 0.6) is 5.75 Å². The third-order valence-corrected chi connectivity index (χ3v) is 5.81. The first kappa shape index (κ1) is 16.5. The number of hydrogen-bond donors (Lipinski definition) is 0. The van der Waals surface area contributed by atoms with Gasteiger partial charge in [-0.1, -0.05) is 17.7 Å². The molecular formula is C13H21ClO4Si. The van der Waals surface area contributed by atoms with Gasteiger partial charge in [0.2, 0.25) is 0 Å². The zero-order valence-corrected chi connectivity index (χ0v) is 13.6. The van der Waals surface area contributed by atoms with Crippen LogP contribution in [-0.2, 0) is 13.3 Å². The molecule has 0 aliphatic heterocycles. The topological polar surface area (TPSA) is 36.9 Å². The molecule has 0 N–H and O–H groups in total. The molecule has 0 saturated carbocycles. The van der Waals surface area contributed by atoms with Crippen molar-refractivity contribution in [3.8, 4) is 5.75 Å². The first-order chi connectivity index (χ1) is 9.13. The lowest BCUT2D eigenvalue weighted by atomic mass is 10.3. The van der Waals surface area contributed by atoms with Gasteiger partial charge in [-0.05, 0) is 32.9 Å². The largest absolute Gasteiger partial charge is 0.541 e. The molecule has 1 rings (SSSR count). The Bertz CT molecular complexity index is 383. The summed E-state index contributed by atoms with van der Waals surface area (Å²) in [6, 6.07) is 5.39. The molecule has 0 saturated heterocycles. The molecule has 0 bridgehead atoms. The Labute approximate surface area is 120 Å². The van der Waals surface area contributed by atoms with Crippen molar-refractivity contribution in [2.45, 2.75) is 20.8 Å². The number of ether oxygens (including phenoxy) is 1. The second-order valence-corrected chi connectivity index (χ2v) is 6.65. The van der Waals surface area contributed by atoms with Gasteiger partial charge in [0.1, 0.15) is 5.75 Å². The smallest absolute Gasteiger partial charge is 0.497 e. The Morgan fingerprint density at radius 2 is 1.53 bits per heavy atom. The van der Waals surface area contributed by atoms with E-state index in [4.69, 9.17) is 29.6 Å². The molecule has 0 aromatic heterocycles. The minimum absolute atomic E-state index is 0.512. The maximum absolute atomic E-state index is 5.99. The number of rotatable bonds is 8. The van der Waals surface area contributed by atoms with Gasteiger partial charge in [-0.2, -0.15) is 0 Å². The molecule has 0 spiro atoms. The van der Waals surface area contributed by atoms with Gasteiger partial charge >= 0.3 is 8.80 Å². The van der Waals surface area contributed by atoms with Crippen molar-refractivity contribution in [1.29, 1.82) is 0 Å². The van der Waals surface area contributed by atoms with Crippen molar-refractivity contribution >= 4 is 25.6 Å². The zero-order chi connectivity index (χ0) is 14.3. The molecule has 0 aliphatic rings. The molecule has 0 aliphatic carbocycles. The molecule has 6 heteroatoms. The first-order valence-electron chi connectivity index (χ1n) is 6.39. The summed E-state index contributed by atoms with van der Waals surface area (Å²) >= 11 is 5.99. The van der Waals surface area contributed by atoms with Crippen LogP contribution in [0.1, 0.15) is 20.8 Å². The molecule has 108 valence electrons. The number of halogens is 1. The second kappa shape index (κ2) is 7.87. The summed E-state index contributed by atoms with van der Waals surface area (Å²) < 4.78 is 22.9. The van der Waals surface area contributed by atoms with E-state index in [1.54, 1.807) is 19.2 Å². The van der Waals surface area contributed by atoms with Gasteiger partial charge in [0.15, 0.2) is 0 Å². The monoisotopic (exact) mass is 304 g/mol. The van der Waals surface area contributed by atoms with Crippen LogP contribution in [0.3, 0.4) is 0 Å². The summed E-state index contributed by atoms with van der Waals surface area (Å²) in [7, 11) is -1.35. The predicted molar refractivity (Wildman–Crippen MR) is 78.3 cm³/mol. The summed E-state index contributed by atoms with van der Waals surface area (Å²) in [5.41, 5.74) is 0. The zero-order valence-electron chi connectivity index (χ0n) is 11.9. The van der Waals surface area contributed by atoms with Crippen molar-refractivity contribution < 1.29 is 18.0 Å². The maximum atomic E-state index is 5.99. The number of hydrogen-bond acceptors (Lipinski definition) is 4. The molecule has 1 aromatic rings. The Morgan fingerprint density at radius 1 is 1.00 bits per heavy atom. The SMILES string of the molecule is CCO[Si](OCC)(OCC)c1ccc(Cl)cc1OC. The number of methoxy groups -OCH3 is 1. The average Bonchev–Trinajstić information content (AvgIpc) is 2.39. The third kappa shape index (κ3) is 3.93. The normalized spacial score (nSPS) is 11.6. The van der Waals surface area contributed by atoms with Gasteiger partial charge in [-0.15, -0.1) is 0 Å². The van der Waals surface area contributed by atoms with Crippen LogP contribution in [0, 0.1) is 0 Å². The highest BCUT2D eigenvalue weighted by molar-refractivity contribution is 6.76. The summed E-state index contributed by atoms with van der Waals surface area (Å²) in [6.07, 6.45) is 0. The Kier molecular flexibility index (Phi) is 6.81. The van der Waals surface area contributed by atoms with Crippen LogP contribution < -0.4 is 9.92 Å². The molecular weight excluding hydrogens is 284 g/mol.